The second-order valence-electron chi connectivity index (χ2n) is 4.90. The van der Waals surface area contributed by atoms with Crippen molar-refractivity contribution in [1.29, 1.82) is 0 Å². The van der Waals surface area contributed by atoms with Crippen LogP contribution < -0.4 is 11.9 Å². The molecule has 0 aromatic carbocycles. The topological polar surface area (TPSA) is 184 Å². The summed E-state index contributed by atoms with van der Waals surface area (Å²) in [6, 6.07) is -0.690. The van der Waals surface area contributed by atoms with Crippen molar-refractivity contribution in [2.24, 2.45) is 17.6 Å². The highest BCUT2D eigenvalue weighted by Crippen LogP contribution is 2.01. The third-order valence-corrected chi connectivity index (χ3v) is 1.87. The van der Waals surface area contributed by atoms with Gasteiger partial charge in [-0.15, -0.1) is 0 Å². The molecule has 122 valence electrons. The van der Waals surface area contributed by atoms with Gasteiger partial charge < -0.3 is 27.6 Å². The van der Waals surface area contributed by atoms with E-state index < -0.39 is 23.8 Å². The summed E-state index contributed by atoms with van der Waals surface area (Å²) < 4.78 is 0. The number of hydrogen-bond acceptors (Lipinski definition) is 5. The van der Waals surface area contributed by atoms with Crippen LogP contribution in [0, 0.1) is 11.8 Å². The lowest BCUT2D eigenvalue weighted by atomic mass is 10.1. The molecule has 0 aliphatic heterocycles. The lowest BCUT2D eigenvalue weighted by Gasteiger charge is -2.07. The average Bonchev–Trinajstić information content (AvgIpc) is 2.16. The molecule has 0 bridgehead atoms. The van der Waals surface area contributed by atoms with Crippen molar-refractivity contribution >= 4 is 17.7 Å². The molecular weight excluding hydrogens is 268 g/mol. The number of hydrogen-bond donors (Lipinski definition) is 4. The molecule has 0 saturated heterocycles. The maximum atomic E-state index is 10.4. The number of rotatable bonds is 6. The molecule has 1 atom stereocenters. The molecule has 0 heterocycles. The smallest absolute Gasteiger partial charge is 0.480 e. The standard InChI is InChI=1S/C6H13NO2.C6H10O3.H3N.H2O/c2*1-4(2)3-5(7)6(8)9;;/h4-5H,3,7H2,1-2H3,(H,8,9);4H,3H2,1-2H3,(H,8,9);1H3;1H2/p+1/t5-;;;/m0.../s1. The van der Waals surface area contributed by atoms with Gasteiger partial charge in [-0.2, -0.15) is 0 Å². The molecule has 0 aliphatic carbocycles. The first-order valence-corrected chi connectivity index (χ1v) is 5.82. The first kappa shape index (κ1) is 26.9. The van der Waals surface area contributed by atoms with Crippen molar-refractivity contribution in [2.75, 3.05) is 0 Å². The molecule has 0 aromatic rings. The number of nitrogens with two attached hydrogens (primary N) is 1. The molecule has 0 aliphatic rings. The Morgan fingerprint density at radius 2 is 1.45 bits per heavy atom. The summed E-state index contributed by atoms with van der Waals surface area (Å²) in [6.07, 6.45) is 0.685. The fourth-order valence-corrected chi connectivity index (χ4v) is 1.07. The molecule has 9 N–H and O–H groups in total. The number of carbonyl (C=O) groups is 3. The molecule has 0 radical (unpaired) electrons. The minimum atomic E-state index is -1.33. The minimum absolute atomic E-state index is 0. The Morgan fingerprint density at radius 3 is 1.55 bits per heavy atom. The van der Waals surface area contributed by atoms with Crippen molar-refractivity contribution in [3.8, 4) is 0 Å². The zero-order valence-electron chi connectivity index (χ0n) is 13.5. The highest BCUT2D eigenvalue weighted by molar-refractivity contribution is 6.32. The molecular formula is C12H29N2O6+. The Balaban J connectivity index is -0.0000000711. The van der Waals surface area contributed by atoms with Crippen molar-refractivity contribution in [1.82, 2.24) is 6.15 Å². The summed E-state index contributed by atoms with van der Waals surface area (Å²) in [5, 5.41) is 16.4. The number of aliphatic carboxylic acids is 2. The zero-order valence-corrected chi connectivity index (χ0v) is 12.5. The average molecular weight is 297 g/mol. The number of carboxylic acids is 2. The number of carboxylic acid groups (broad SMARTS) is 2. The van der Waals surface area contributed by atoms with Crippen molar-refractivity contribution in [3.63, 3.8) is 0 Å². The van der Waals surface area contributed by atoms with Crippen LogP contribution in [-0.2, 0) is 14.4 Å². The second-order valence-corrected chi connectivity index (χ2v) is 4.90. The Morgan fingerprint density at radius 1 is 1.05 bits per heavy atom. The molecule has 0 rings (SSSR count). The molecule has 0 unspecified atom stereocenters. The monoisotopic (exact) mass is 297 g/mol. The van der Waals surface area contributed by atoms with Crippen LogP contribution in [0.15, 0.2) is 0 Å². The Bertz CT molecular complexity index is 297. The van der Waals surface area contributed by atoms with Crippen molar-refractivity contribution < 1.29 is 31.5 Å². The van der Waals surface area contributed by atoms with Crippen LogP contribution in [0.5, 0.6) is 0 Å². The van der Waals surface area contributed by atoms with Gasteiger partial charge >= 0.3 is 13.4 Å². The molecule has 0 fully saturated rings. The molecule has 0 amide bonds. The van der Waals surface area contributed by atoms with Gasteiger partial charge in [0.05, 0.1) is 0 Å². The lowest BCUT2D eigenvalue weighted by molar-refractivity contribution is -0.149. The third kappa shape index (κ3) is 18.8. The highest BCUT2D eigenvalue weighted by atomic mass is 16.4. The van der Waals surface area contributed by atoms with E-state index in [1.807, 2.05) is 13.8 Å². The van der Waals surface area contributed by atoms with Gasteiger partial charge in [0.1, 0.15) is 6.04 Å². The second kappa shape index (κ2) is 13.9. The van der Waals surface area contributed by atoms with Crippen LogP contribution in [0.1, 0.15) is 42.0 Å². The van der Waals surface area contributed by atoms with Crippen molar-refractivity contribution in [3.05, 3.63) is 0 Å². The van der Waals surface area contributed by atoms with Crippen LogP contribution in [0.3, 0.4) is 0 Å². The quantitative estimate of drug-likeness (QED) is 0.516. The predicted octanol–water partition coefficient (Wildman–Crippen LogP) is 0.580. The fourth-order valence-electron chi connectivity index (χ4n) is 1.07. The summed E-state index contributed by atoms with van der Waals surface area (Å²) in [6.45, 7) is 7.51. The van der Waals surface area contributed by atoms with Gasteiger partial charge in [0.15, 0.2) is 0 Å². The van der Waals surface area contributed by atoms with E-state index in [4.69, 9.17) is 15.9 Å². The van der Waals surface area contributed by atoms with Crippen LogP contribution in [0.2, 0.25) is 0 Å². The summed E-state index contributed by atoms with van der Waals surface area (Å²) >= 11 is 0. The van der Waals surface area contributed by atoms with Crippen LogP contribution >= 0.6 is 0 Å². The SMILES string of the molecule is CC(C)CC(=O)C(=O)O.CC(C)C[C@H](N)C(=O)O.N.O.[H+]. The van der Waals surface area contributed by atoms with E-state index in [2.05, 4.69) is 0 Å². The minimum Gasteiger partial charge on any atom is -0.480 e. The molecule has 20 heavy (non-hydrogen) atoms. The highest BCUT2D eigenvalue weighted by Gasteiger charge is 2.12. The van der Waals surface area contributed by atoms with Gasteiger partial charge in [0.25, 0.3) is 0 Å². The number of Topliss-reactive ketones (excluding diaryl/α,β-unsaturated/α-hetero) is 1. The van der Waals surface area contributed by atoms with E-state index in [1.165, 1.54) is 0 Å². The van der Waals surface area contributed by atoms with Gasteiger partial charge in [0, 0.05) is 6.42 Å². The van der Waals surface area contributed by atoms with Gasteiger partial charge in [-0.05, 0) is 18.3 Å². The Kier molecular flexibility index (Phi) is 18.7. The molecule has 0 spiro atoms. The Labute approximate surface area is 120 Å². The molecule has 8 nitrogen and oxygen atoms in total. The van der Waals surface area contributed by atoms with Crippen molar-refractivity contribution in [2.45, 2.75) is 46.6 Å². The van der Waals surface area contributed by atoms with Gasteiger partial charge in [0.2, 0.25) is 5.78 Å². The van der Waals surface area contributed by atoms with E-state index in [0.717, 1.165) is 0 Å². The normalized spacial score (nSPS) is 10.6. The lowest BCUT2D eigenvalue weighted by Crippen LogP contribution is -2.31. The van der Waals surface area contributed by atoms with Gasteiger partial charge in [-0.1, -0.05) is 27.7 Å². The maximum absolute atomic E-state index is 10.4. The number of carbonyl (C=O) groups excluding carboxylic acids is 1. The maximum Gasteiger partial charge on any atom is 1.00 e. The molecule has 0 saturated carbocycles. The largest absolute Gasteiger partial charge is 1.00 e. The van der Waals surface area contributed by atoms with Gasteiger partial charge in [-0.3, -0.25) is 9.59 Å². The van der Waals surface area contributed by atoms with Crippen LogP contribution in [-0.4, -0.2) is 39.5 Å². The van der Waals surface area contributed by atoms with E-state index in [9.17, 15) is 14.4 Å². The summed E-state index contributed by atoms with van der Waals surface area (Å²) in [5.74, 6) is -2.46. The van der Waals surface area contributed by atoms with Crippen LogP contribution in [0.25, 0.3) is 0 Å². The Hall–Kier alpha value is -1.51. The molecule has 0 aromatic heterocycles. The molecule has 8 heteroatoms. The number of ketones is 1. The summed E-state index contributed by atoms with van der Waals surface area (Å²) in [5.41, 5.74) is 5.22. The summed E-state index contributed by atoms with van der Waals surface area (Å²) in [4.78, 5) is 30.3. The first-order chi connectivity index (χ1) is 8.07. The van der Waals surface area contributed by atoms with E-state index in [1.54, 1.807) is 13.8 Å². The first-order valence-electron chi connectivity index (χ1n) is 5.82. The van der Waals surface area contributed by atoms with Crippen LogP contribution in [0.4, 0.5) is 0 Å². The summed E-state index contributed by atoms with van der Waals surface area (Å²) in [7, 11) is 0. The van der Waals surface area contributed by atoms with E-state index >= 15 is 0 Å². The fraction of sp³-hybridized carbons (Fsp3) is 0.750. The van der Waals surface area contributed by atoms with Gasteiger partial charge in [-0.25, -0.2) is 4.79 Å². The third-order valence-electron chi connectivity index (χ3n) is 1.87. The van der Waals surface area contributed by atoms with E-state index in [-0.39, 0.29) is 25.4 Å². The zero-order chi connectivity index (χ0) is 14.9. The van der Waals surface area contributed by atoms with E-state index in [0.29, 0.717) is 12.3 Å². The predicted molar refractivity (Wildman–Crippen MR) is 76.9 cm³/mol.